The summed E-state index contributed by atoms with van der Waals surface area (Å²) in [5, 5.41) is 2.22. The topological polar surface area (TPSA) is 12.5 Å². The molecule has 0 N–H and O–H groups in total. The Balaban J connectivity index is 1.71. The molecule has 0 fully saturated rings. The van der Waals surface area contributed by atoms with Gasteiger partial charge in [-0.3, -0.25) is 4.84 Å². The maximum atomic E-state index is 6.74. The quantitative estimate of drug-likeness (QED) is 0.368. The lowest BCUT2D eigenvalue weighted by atomic mass is 9.83. The van der Waals surface area contributed by atoms with Gasteiger partial charge in [0.25, 0.3) is 0 Å². The number of hydrogen-bond acceptors (Lipinski definition) is 2. The number of rotatable bonds is 5. The summed E-state index contributed by atoms with van der Waals surface area (Å²) in [5.41, 5.74) is 5.28. The monoisotopic (exact) mass is 405 g/mol. The average Bonchev–Trinajstić information content (AvgIpc) is 3.05. The summed E-state index contributed by atoms with van der Waals surface area (Å²) in [6, 6.07) is 40.5. The molecule has 5 rings (SSSR count). The molecule has 0 spiro atoms. The standard InChI is InChI=1S/C29H27NO/c1-28(24-16-8-4-9-17-24)26-20-12-13-21-27(26)29(2,25-18-10-5-11-19-25)30(28)31-22-23-14-6-3-7-15-23/h3-21H,22H2,1-2H3. The second kappa shape index (κ2) is 7.81. The Bertz CT molecular complexity index is 1090. The summed E-state index contributed by atoms with van der Waals surface area (Å²) in [4.78, 5) is 6.74. The third-order valence-corrected chi connectivity index (χ3v) is 6.66. The van der Waals surface area contributed by atoms with Crippen molar-refractivity contribution in [2.24, 2.45) is 0 Å². The Labute approximate surface area is 184 Å². The molecule has 4 aromatic carbocycles. The fourth-order valence-electron chi connectivity index (χ4n) is 5.04. The largest absolute Gasteiger partial charge is 0.292 e. The summed E-state index contributed by atoms with van der Waals surface area (Å²) in [6.07, 6.45) is 0. The summed E-state index contributed by atoms with van der Waals surface area (Å²) in [7, 11) is 0. The highest BCUT2D eigenvalue weighted by Crippen LogP contribution is 2.55. The van der Waals surface area contributed by atoms with E-state index in [2.05, 4.69) is 128 Å². The molecule has 0 aliphatic carbocycles. The van der Waals surface area contributed by atoms with E-state index >= 15 is 0 Å². The van der Waals surface area contributed by atoms with Crippen molar-refractivity contribution >= 4 is 0 Å². The zero-order valence-electron chi connectivity index (χ0n) is 18.0. The van der Waals surface area contributed by atoms with Crippen LogP contribution in [0.15, 0.2) is 115 Å². The van der Waals surface area contributed by atoms with Gasteiger partial charge in [0.1, 0.15) is 0 Å². The lowest BCUT2D eigenvalue weighted by Crippen LogP contribution is -2.49. The Morgan fingerprint density at radius 1 is 0.548 bits per heavy atom. The lowest BCUT2D eigenvalue weighted by molar-refractivity contribution is -0.257. The van der Waals surface area contributed by atoms with Crippen LogP contribution in [-0.2, 0) is 22.5 Å². The molecule has 1 heterocycles. The molecule has 0 saturated heterocycles. The maximum absolute atomic E-state index is 6.74. The molecule has 0 bridgehead atoms. The average molecular weight is 406 g/mol. The number of nitrogens with zero attached hydrogens (tertiary/aromatic N) is 1. The Kier molecular flexibility index (Phi) is 4.97. The Morgan fingerprint density at radius 3 is 1.39 bits per heavy atom. The van der Waals surface area contributed by atoms with Gasteiger partial charge in [0.15, 0.2) is 0 Å². The van der Waals surface area contributed by atoms with Crippen molar-refractivity contribution < 1.29 is 4.84 Å². The van der Waals surface area contributed by atoms with E-state index in [1.165, 1.54) is 22.3 Å². The predicted molar refractivity (Wildman–Crippen MR) is 125 cm³/mol. The summed E-state index contributed by atoms with van der Waals surface area (Å²) in [5.74, 6) is 0. The summed E-state index contributed by atoms with van der Waals surface area (Å²) in [6.45, 7) is 5.07. The van der Waals surface area contributed by atoms with Gasteiger partial charge in [-0.1, -0.05) is 115 Å². The van der Waals surface area contributed by atoms with E-state index in [0.29, 0.717) is 6.61 Å². The van der Waals surface area contributed by atoms with Crippen molar-refractivity contribution in [3.8, 4) is 0 Å². The van der Waals surface area contributed by atoms with Crippen LogP contribution in [0, 0.1) is 0 Å². The van der Waals surface area contributed by atoms with Gasteiger partial charge in [-0.2, -0.15) is 5.06 Å². The number of hydrogen-bond donors (Lipinski definition) is 0. The van der Waals surface area contributed by atoms with E-state index in [4.69, 9.17) is 4.84 Å². The van der Waals surface area contributed by atoms with E-state index in [9.17, 15) is 0 Å². The normalized spacial score (nSPS) is 22.9. The van der Waals surface area contributed by atoms with E-state index in [1.54, 1.807) is 0 Å². The minimum absolute atomic E-state index is 0.433. The predicted octanol–water partition coefficient (Wildman–Crippen LogP) is 6.66. The van der Waals surface area contributed by atoms with Gasteiger partial charge >= 0.3 is 0 Å². The molecule has 1 aliphatic rings. The first-order valence-electron chi connectivity index (χ1n) is 10.8. The van der Waals surface area contributed by atoms with E-state index in [1.807, 2.05) is 6.07 Å². The van der Waals surface area contributed by atoms with Crippen molar-refractivity contribution in [3.63, 3.8) is 0 Å². The van der Waals surface area contributed by atoms with Gasteiger partial charge < -0.3 is 0 Å². The van der Waals surface area contributed by atoms with Crippen LogP contribution in [0.3, 0.4) is 0 Å². The minimum atomic E-state index is -0.433. The van der Waals surface area contributed by atoms with Crippen LogP contribution in [-0.4, -0.2) is 5.06 Å². The third-order valence-electron chi connectivity index (χ3n) is 6.66. The first kappa shape index (κ1) is 19.7. The van der Waals surface area contributed by atoms with Crippen LogP contribution in [0.25, 0.3) is 0 Å². The van der Waals surface area contributed by atoms with Crippen LogP contribution in [0.5, 0.6) is 0 Å². The van der Waals surface area contributed by atoms with Crippen LogP contribution >= 0.6 is 0 Å². The molecular weight excluding hydrogens is 378 g/mol. The molecule has 2 unspecified atom stereocenters. The summed E-state index contributed by atoms with van der Waals surface area (Å²) < 4.78 is 0. The van der Waals surface area contributed by atoms with Crippen LogP contribution in [0.2, 0.25) is 0 Å². The van der Waals surface area contributed by atoms with Gasteiger partial charge in [-0.05, 0) is 41.7 Å². The van der Waals surface area contributed by atoms with Gasteiger partial charge in [0.05, 0.1) is 17.7 Å². The zero-order chi connectivity index (χ0) is 21.3. The highest BCUT2D eigenvalue weighted by Gasteiger charge is 2.56. The van der Waals surface area contributed by atoms with Gasteiger partial charge in [0.2, 0.25) is 0 Å². The number of hydroxylamine groups is 2. The molecule has 31 heavy (non-hydrogen) atoms. The molecular formula is C29H27NO. The lowest BCUT2D eigenvalue weighted by Gasteiger charge is -2.43. The molecule has 0 saturated carbocycles. The van der Waals surface area contributed by atoms with Crippen LogP contribution in [0.4, 0.5) is 0 Å². The van der Waals surface area contributed by atoms with Crippen molar-refractivity contribution in [3.05, 3.63) is 143 Å². The Morgan fingerprint density at radius 2 is 0.935 bits per heavy atom. The molecule has 2 nitrogen and oxygen atoms in total. The molecule has 1 aliphatic heterocycles. The fourth-order valence-corrected chi connectivity index (χ4v) is 5.04. The van der Waals surface area contributed by atoms with E-state index < -0.39 is 11.1 Å². The van der Waals surface area contributed by atoms with Crippen molar-refractivity contribution in [1.82, 2.24) is 5.06 Å². The SMILES string of the molecule is CC1(c2ccccc2)c2ccccc2C(C)(c2ccccc2)N1OCc1ccccc1. The van der Waals surface area contributed by atoms with Crippen molar-refractivity contribution in [1.29, 1.82) is 0 Å². The molecule has 0 radical (unpaired) electrons. The third kappa shape index (κ3) is 3.11. The number of benzene rings is 4. The highest BCUT2D eigenvalue weighted by molar-refractivity contribution is 5.54. The van der Waals surface area contributed by atoms with Crippen LogP contribution < -0.4 is 0 Å². The van der Waals surface area contributed by atoms with Crippen molar-refractivity contribution in [2.75, 3.05) is 0 Å². The molecule has 0 aromatic heterocycles. The molecule has 2 heteroatoms. The number of fused-ring (bicyclic) bond motifs is 1. The van der Waals surface area contributed by atoms with Gasteiger partial charge in [-0.25, -0.2) is 0 Å². The fraction of sp³-hybridized carbons (Fsp3) is 0.172. The summed E-state index contributed by atoms with van der Waals surface area (Å²) >= 11 is 0. The zero-order valence-corrected chi connectivity index (χ0v) is 18.0. The second-order valence-electron chi connectivity index (χ2n) is 8.48. The second-order valence-corrected chi connectivity index (χ2v) is 8.48. The first-order chi connectivity index (χ1) is 15.1. The van der Waals surface area contributed by atoms with Crippen molar-refractivity contribution in [2.45, 2.75) is 31.5 Å². The van der Waals surface area contributed by atoms with Crippen LogP contribution in [0.1, 0.15) is 41.7 Å². The van der Waals surface area contributed by atoms with E-state index in [-0.39, 0.29) is 0 Å². The molecule has 2 atom stereocenters. The first-order valence-corrected chi connectivity index (χ1v) is 10.8. The smallest absolute Gasteiger partial charge is 0.0949 e. The molecule has 4 aromatic rings. The highest BCUT2D eigenvalue weighted by atomic mass is 16.7. The van der Waals surface area contributed by atoms with E-state index in [0.717, 1.165) is 5.56 Å². The molecule has 154 valence electrons. The minimum Gasteiger partial charge on any atom is -0.292 e. The van der Waals surface area contributed by atoms with Gasteiger partial charge in [0, 0.05) is 0 Å². The van der Waals surface area contributed by atoms with Gasteiger partial charge in [-0.15, -0.1) is 0 Å². The molecule has 0 amide bonds. The maximum Gasteiger partial charge on any atom is 0.0949 e. The Hall–Kier alpha value is -3.20.